The molecule has 0 spiro atoms. The third-order valence-corrected chi connectivity index (χ3v) is 5.62. The molecule has 4 aromatic rings. The van der Waals surface area contributed by atoms with E-state index in [-0.39, 0.29) is 0 Å². The van der Waals surface area contributed by atoms with Crippen molar-refractivity contribution >= 4 is 27.8 Å². The van der Waals surface area contributed by atoms with Crippen molar-refractivity contribution in [3.63, 3.8) is 0 Å². The second-order valence-corrected chi connectivity index (χ2v) is 7.33. The van der Waals surface area contributed by atoms with Crippen LogP contribution in [0, 0.1) is 0 Å². The molecule has 1 saturated heterocycles. The number of rotatable bonds is 4. The summed E-state index contributed by atoms with van der Waals surface area (Å²) in [6, 6.07) is 15.0. The average Bonchev–Trinajstić information content (AvgIpc) is 3.15. The topological polar surface area (TPSA) is 50.1 Å². The molecule has 0 bridgehead atoms. The third kappa shape index (κ3) is 3.10. The Labute approximate surface area is 164 Å². The number of fused-ring (bicyclic) bond motifs is 2. The van der Waals surface area contributed by atoms with Crippen LogP contribution < -0.4 is 4.90 Å². The second-order valence-electron chi connectivity index (χ2n) is 7.33. The van der Waals surface area contributed by atoms with E-state index in [1.165, 1.54) is 5.56 Å². The van der Waals surface area contributed by atoms with Crippen LogP contribution in [-0.4, -0.2) is 50.6 Å². The Hall–Kier alpha value is -2.99. The molecule has 28 heavy (non-hydrogen) atoms. The van der Waals surface area contributed by atoms with Gasteiger partial charge in [0.1, 0.15) is 12.1 Å². The van der Waals surface area contributed by atoms with Crippen LogP contribution in [0.25, 0.3) is 21.9 Å². The second kappa shape index (κ2) is 7.20. The molecule has 2 aromatic carbocycles. The summed E-state index contributed by atoms with van der Waals surface area (Å²) in [5.41, 5.74) is 4.50. The van der Waals surface area contributed by atoms with E-state index >= 15 is 0 Å². The molecule has 6 heteroatoms. The first-order valence-corrected chi connectivity index (χ1v) is 9.92. The van der Waals surface area contributed by atoms with E-state index in [2.05, 4.69) is 78.7 Å². The first-order valence-electron chi connectivity index (χ1n) is 9.92. The molecule has 0 aliphatic carbocycles. The van der Waals surface area contributed by atoms with E-state index in [9.17, 15) is 0 Å². The molecule has 0 atom stereocenters. The van der Waals surface area contributed by atoms with Crippen LogP contribution in [-0.2, 0) is 13.1 Å². The lowest BCUT2D eigenvalue weighted by atomic mass is 10.1. The average molecular weight is 372 g/mol. The fourth-order valence-electron chi connectivity index (χ4n) is 4.06. The molecular weight excluding hydrogens is 348 g/mol. The Kier molecular flexibility index (Phi) is 4.41. The van der Waals surface area contributed by atoms with Crippen molar-refractivity contribution in [2.75, 3.05) is 31.1 Å². The molecule has 2 aromatic heterocycles. The van der Waals surface area contributed by atoms with Crippen molar-refractivity contribution in [2.24, 2.45) is 0 Å². The molecule has 6 nitrogen and oxygen atoms in total. The minimum Gasteiger partial charge on any atom is -0.353 e. The molecule has 142 valence electrons. The summed E-state index contributed by atoms with van der Waals surface area (Å²) in [7, 11) is 0. The normalized spacial score (nSPS) is 15.5. The van der Waals surface area contributed by atoms with Gasteiger partial charge in [0, 0.05) is 44.7 Å². The lowest BCUT2D eigenvalue weighted by molar-refractivity contribution is 0.249. The number of imidazole rings is 1. The SMILES string of the molecule is CCn1cnc2cc3c(N4CCN(Cc5ccccc5)CC4)ncnc3cc21. The highest BCUT2D eigenvalue weighted by Crippen LogP contribution is 2.28. The number of piperazine rings is 1. The summed E-state index contributed by atoms with van der Waals surface area (Å²) in [6.07, 6.45) is 3.59. The summed E-state index contributed by atoms with van der Waals surface area (Å²) >= 11 is 0. The largest absolute Gasteiger partial charge is 0.353 e. The fourth-order valence-corrected chi connectivity index (χ4v) is 4.06. The smallest absolute Gasteiger partial charge is 0.140 e. The Morgan fingerprint density at radius 1 is 0.893 bits per heavy atom. The zero-order valence-corrected chi connectivity index (χ0v) is 16.1. The van der Waals surface area contributed by atoms with E-state index in [4.69, 9.17) is 0 Å². The van der Waals surface area contributed by atoms with Gasteiger partial charge in [-0.2, -0.15) is 0 Å². The fraction of sp³-hybridized carbons (Fsp3) is 0.318. The van der Waals surface area contributed by atoms with Crippen LogP contribution in [0.3, 0.4) is 0 Å². The van der Waals surface area contributed by atoms with Gasteiger partial charge in [-0.05, 0) is 24.6 Å². The van der Waals surface area contributed by atoms with Crippen LogP contribution in [0.4, 0.5) is 5.82 Å². The number of benzene rings is 2. The van der Waals surface area contributed by atoms with Gasteiger partial charge >= 0.3 is 0 Å². The summed E-state index contributed by atoms with van der Waals surface area (Å²) in [5, 5.41) is 1.09. The quantitative estimate of drug-likeness (QED) is 0.550. The van der Waals surface area contributed by atoms with Crippen LogP contribution in [0.15, 0.2) is 55.1 Å². The number of hydrogen-bond donors (Lipinski definition) is 0. The van der Waals surface area contributed by atoms with Crippen molar-refractivity contribution < 1.29 is 0 Å². The van der Waals surface area contributed by atoms with E-state index in [1.54, 1.807) is 6.33 Å². The minimum atomic E-state index is 0.906. The lowest BCUT2D eigenvalue weighted by Crippen LogP contribution is -2.46. The van der Waals surface area contributed by atoms with Gasteiger partial charge in [-0.15, -0.1) is 0 Å². The van der Waals surface area contributed by atoms with Gasteiger partial charge in [-0.25, -0.2) is 15.0 Å². The zero-order chi connectivity index (χ0) is 18.9. The predicted octanol–water partition coefficient (Wildman–Crippen LogP) is 3.32. The number of aryl methyl sites for hydroxylation is 1. The van der Waals surface area contributed by atoms with E-state index in [0.29, 0.717) is 0 Å². The highest BCUT2D eigenvalue weighted by atomic mass is 15.3. The number of hydrogen-bond acceptors (Lipinski definition) is 5. The van der Waals surface area contributed by atoms with Crippen molar-refractivity contribution in [2.45, 2.75) is 20.0 Å². The van der Waals surface area contributed by atoms with Crippen LogP contribution in [0.2, 0.25) is 0 Å². The minimum absolute atomic E-state index is 0.906. The molecule has 0 amide bonds. The molecule has 0 unspecified atom stereocenters. The van der Waals surface area contributed by atoms with E-state index in [1.807, 2.05) is 6.33 Å². The first kappa shape index (κ1) is 17.1. The zero-order valence-electron chi connectivity index (χ0n) is 16.1. The summed E-state index contributed by atoms with van der Waals surface area (Å²) in [4.78, 5) is 18.6. The van der Waals surface area contributed by atoms with Gasteiger partial charge in [0.05, 0.1) is 22.9 Å². The maximum Gasteiger partial charge on any atom is 0.140 e. The Morgan fingerprint density at radius 2 is 1.71 bits per heavy atom. The Morgan fingerprint density at radius 3 is 2.50 bits per heavy atom. The van der Waals surface area contributed by atoms with Crippen LogP contribution in [0.1, 0.15) is 12.5 Å². The summed E-state index contributed by atoms with van der Waals surface area (Å²) in [6.45, 7) is 8.06. The van der Waals surface area contributed by atoms with Gasteiger partial charge in [0.2, 0.25) is 0 Å². The number of anilines is 1. The molecule has 0 saturated carbocycles. The third-order valence-electron chi connectivity index (χ3n) is 5.62. The maximum absolute atomic E-state index is 4.64. The highest BCUT2D eigenvalue weighted by molar-refractivity contribution is 5.98. The van der Waals surface area contributed by atoms with Crippen molar-refractivity contribution in [3.8, 4) is 0 Å². The molecule has 1 aliphatic rings. The number of aromatic nitrogens is 4. The molecule has 3 heterocycles. The molecule has 0 radical (unpaired) electrons. The standard InChI is InChI=1S/C22H24N6/c1-2-27-16-25-20-12-18-19(13-21(20)27)23-15-24-22(18)28-10-8-26(9-11-28)14-17-6-4-3-5-7-17/h3-7,12-13,15-16H,2,8-11,14H2,1H3. The molecular formula is C22H24N6. The predicted molar refractivity (Wildman–Crippen MR) is 112 cm³/mol. The van der Waals surface area contributed by atoms with E-state index < -0.39 is 0 Å². The van der Waals surface area contributed by atoms with Gasteiger partial charge in [0.15, 0.2) is 0 Å². The van der Waals surface area contributed by atoms with E-state index in [0.717, 1.165) is 67.0 Å². The number of nitrogens with zero attached hydrogens (tertiary/aromatic N) is 6. The van der Waals surface area contributed by atoms with Gasteiger partial charge in [0.25, 0.3) is 0 Å². The monoisotopic (exact) mass is 372 g/mol. The molecule has 0 N–H and O–H groups in total. The molecule has 1 fully saturated rings. The first-order chi connectivity index (χ1) is 13.8. The lowest BCUT2D eigenvalue weighted by Gasteiger charge is -2.35. The molecule has 5 rings (SSSR count). The molecule has 1 aliphatic heterocycles. The Balaban J connectivity index is 1.39. The summed E-state index contributed by atoms with van der Waals surface area (Å²) in [5.74, 6) is 1.03. The van der Waals surface area contributed by atoms with Crippen LogP contribution >= 0.6 is 0 Å². The van der Waals surface area contributed by atoms with Crippen LogP contribution in [0.5, 0.6) is 0 Å². The van der Waals surface area contributed by atoms with Gasteiger partial charge in [-0.3, -0.25) is 4.90 Å². The Bertz CT molecular complexity index is 1100. The highest BCUT2D eigenvalue weighted by Gasteiger charge is 2.20. The van der Waals surface area contributed by atoms with Gasteiger partial charge < -0.3 is 9.47 Å². The van der Waals surface area contributed by atoms with Crippen molar-refractivity contribution in [3.05, 3.63) is 60.7 Å². The van der Waals surface area contributed by atoms with Crippen molar-refractivity contribution in [1.82, 2.24) is 24.4 Å². The van der Waals surface area contributed by atoms with Gasteiger partial charge in [-0.1, -0.05) is 30.3 Å². The maximum atomic E-state index is 4.64. The van der Waals surface area contributed by atoms with Crippen molar-refractivity contribution in [1.29, 1.82) is 0 Å². The summed E-state index contributed by atoms with van der Waals surface area (Å²) < 4.78 is 2.15.